The molecular formula is C23H25N3O5. The van der Waals surface area contributed by atoms with Crippen LogP contribution in [0.3, 0.4) is 0 Å². The molecule has 2 heterocycles. The summed E-state index contributed by atoms with van der Waals surface area (Å²) in [4.78, 5) is 39.0. The summed E-state index contributed by atoms with van der Waals surface area (Å²) in [7, 11) is 0. The molecule has 4 amide bonds. The van der Waals surface area contributed by atoms with Gasteiger partial charge in [0.25, 0.3) is 5.91 Å². The fourth-order valence-corrected chi connectivity index (χ4v) is 3.79. The lowest BCUT2D eigenvalue weighted by Crippen LogP contribution is -2.42. The number of nitrogens with zero attached hydrogens (tertiary/aromatic N) is 1. The van der Waals surface area contributed by atoms with Crippen molar-refractivity contribution in [3.63, 3.8) is 0 Å². The second kappa shape index (κ2) is 8.29. The van der Waals surface area contributed by atoms with Gasteiger partial charge in [-0.2, -0.15) is 0 Å². The van der Waals surface area contributed by atoms with Gasteiger partial charge in [0, 0.05) is 11.8 Å². The molecule has 0 unspecified atom stereocenters. The summed E-state index contributed by atoms with van der Waals surface area (Å²) in [5, 5.41) is 5.43. The number of hydrogen-bond acceptors (Lipinski definition) is 5. The first-order chi connectivity index (χ1) is 14.9. The number of carbonyl (C=O) groups is 3. The van der Waals surface area contributed by atoms with Gasteiger partial charge in [-0.05, 0) is 36.6 Å². The second-order valence-electron chi connectivity index (χ2n) is 7.80. The smallest absolute Gasteiger partial charge is 0.325 e. The van der Waals surface area contributed by atoms with Gasteiger partial charge in [0.15, 0.2) is 11.5 Å². The maximum atomic E-state index is 13.1. The molecule has 4 rings (SSSR count). The molecule has 31 heavy (non-hydrogen) atoms. The third kappa shape index (κ3) is 4.05. The standard InChI is InChI=1S/C23H25N3O5/c1-3-4-15-5-7-16(8-6-15)23(2)21(28)26(22(29)25-23)14-20(27)24-17-9-10-18-19(13-17)31-12-11-30-18/h5-10,13H,3-4,11-12,14H2,1-2H3,(H,24,27)(H,25,29)/t23-/m0/s1. The van der Waals surface area contributed by atoms with Gasteiger partial charge in [-0.1, -0.05) is 37.6 Å². The fourth-order valence-electron chi connectivity index (χ4n) is 3.79. The minimum Gasteiger partial charge on any atom is -0.486 e. The summed E-state index contributed by atoms with van der Waals surface area (Å²) in [5.74, 6) is 0.206. The van der Waals surface area contributed by atoms with E-state index in [0.717, 1.165) is 17.7 Å². The Bertz CT molecular complexity index is 1020. The molecule has 162 valence electrons. The van der Waals surface area contributed by atoms with E-state index in [-0.39, 0.29) is 6.54 Å². The van der Waals surface area contributed by atoms with Crippen molar-refractivity contribution < 1.29 is 23.9 Å². The minimum absolute atomic E-state index is 0.386. The molecule has 1 atom stereocenters. The number of amides is 4. The Morgan fingerprint density at radius 1 is 1.10 bits per heavy atom. The third-order valence-electron chi connectivity index (χ3n) is 5.47. The van der Waals surface area contributed by atoms with Crippen LogP contribution in [0.2, 0.25) is 0 Å². The lowest BCUT2D eigenvalue weighted by atomic mass is 9.91. The van der Waals surface area contributed by atoms with Crippen LogP contribution in [0.1, 0.15) is 31.4 Å². The largest absolute Gasteiger partial charge is 0.486 e. The quantitative estimate of drug-likeness (QED) is 0.697. The van der Waals surface area contributed by atoms with E-state index in [2.05, 4.69) is 17.6 Å². The summed E-state index contributed by atoms with van der Waals surface area (Å²) in [5.41, 5.74) is 1.14. The van der Waals surface area contributed by atoms with E-state index in [9.17, 15) is 14.4 Å². The zero-order valence-corrected chi connectivity index (χ0v) is 17.6. The average Bonchev–Trinajstić information content (AvgIpc) is 2.98. The molecule has 2 aliphatic heterocycles. The Morgan fingerprint density at radius 2 is 1.81 bits per heavy atom. The third-order valence-corrected chi connectivity index (χ3v) is 5.47. The normalized spacial score (nSPS) is 19.9. The van der Waals surface area contributed by atoms with Gasteiger partial charge in [0.2, 0.25) is 5.91 Å². The SMILES string of the molecule is CCCc1ccc([C@]2(C)NC(=O)N(CC(=O)Nc3ccc4c(c3)OCCO4)C2=O)cc1. The van der Waals surface area contributed by atoms with E-state index in [1.165, 1.54) is 5.56 Å². The number of aryl methyl sites for hydroxylation is 1. The van der Waals surface area contributed by atoms with Crippen LogP contribution in [0.25, 0.3) is 0 Å². The van der Waals surface area contributed by atoms with E-state index in [1.54, 1.807) is 25.1 Å². The molecule has 0 saturated carbocycles. The summed E-state index contributed by atoms with van der Waals surface area (Å²) in [6.07, 6.45) is 1.97. The minimum atomic E-state index is -1.21. The maximum absolute atomic E-state index is 13.1. The first-order valence-electron chi connectivity index (χ1n) is 10.3. The molecule has 2 aromatic carbocycles. The number of urea groups is 1. The van der Waals surface area contributed by atoms with E-state index < -0.39 is 23.4 Å². The highest BCUT2D eigenvalue weighted by molar-refractivity contribution is 6.10. The molecule has 1 fully saturated rings. The predicted molar refractivity (Wildman–Crippen MR) is 114 cm³/mol. The Labute approximate surface area is 180 Å². The van der Waals surface area contributed by atoms with Gasteiger partial charge in [-0.25, -0.2) is 4.79 Å². The van der Waals surface area contributed by atoms with Crippen molar-refractivity contribution in [1.29, 1.82) is 0 Å². The van der Waals surface area contributed by atoms with Gasteiger partial charge in [0.1, 0.15) is 25.3 Å². The molecule has 2 aromatic rings. The molecule has 8 nitrogen and oxygen atoms in total. The number of rotatable bonds is 6. The molecule has 0 spiro atoms. The molecule has 0 aromatic heterocycles. The average molecular weight is 423 g/mol. The summed E-state index contributed by atoms with van der Waals surface area (Å²) < 4.78 is 11.0. The molecular weight excluding hydrogens is 398 g/mol. The molecule has 1 saturated heterocycles. The predicted octanol–water partition coefficient (Wildman–Crippen LogP) is 2.82. The van der Waals surface area contributed by atoms with Crippen molar-refractivity contribution >= 4 is 23.5 Å². The van der Waals surface area contributed by atoms with Crippen LogP contribution in [-0.2, 0) is 21.5 Å². The molecule has 0 aliphatic carbocycles. The summed E-state index contributed by atoms with van der Waals surface area (Å²) in [6, 6.07) is 12.1. The fraction of sp³-hybridized carbons (Fsp3) is 0.348. The first-order valence-corrected chi connectivity index (χ1v) is 10.3. The highest BCUT2D eigenvalue weighted by atomic mass is 16.6. The number of hydrogen-bond donors (Lipinski definition) is 2. The van der Waals surface area contributed by atoms with Crippen molar-refractivity contribution in [2.75, 3.05) is 25.1 Å². The highest BCUT2D eigenvalue weighted by Crippen LogP contribution is 2.33. The van der Waals surface area contributed by atoms with Crippen molar-refractivity contribution in [3.8, 4) is 11.5 Å². The van der Waals surface area contributed by atoms with Crippen LogP contribution in [0.4, 0.5) is 10.5 Å². The lowest BCUT2D eigenvalue weighted by Gasteiger charge is -2.22. The van der Waals surface area contributed by atoms with Crippen molar-refractivity contribution in [2.24, 2.45) is 0 Å². The lowest BCUT2D eigenvalue weighted by molar-refractivity contribution is -0.133. The van der Waals surface area contributed by atoms with Crippen molar-refractivity contribution in [1.82, 2.24) is 10.2 Å². The number of anilines is 1. The van der Waals surface area contributed by atoms with Gasteiger partial charge in [0.05, 0.1) is 0 Å². The monoisotopic (exact) mass is 423 g/mol. The van der Waals surface area contributed by atoms with Crippen molar-refractivity contribution in [3.05, 3.63) is 53.6 Å². The Kier molecular flexibility index (Phi) is 5.54. The van der Waals surface area contributed by atoms with E-state index in [1.807, 2.05) is 24.3 Å². The topological polar surface area (TPSA) is 97.0 Å². The molecule has 2 N–H and O–H groups in total. The number of nitrogens with one attached hydrogen (secondary N) is 2. The number of carbonyl (C=O) groups excluding carboxylic acids is 3. The Morgan fingerprint density at radius 3 is 2.52 bits per heavy atom. The van der Waals surface area contributed by atoms with E-state index in [4.69, 9.17) is 9.47 Å². The number of imide groups is 1. The highest BCUT2D eigenvalue weighted by Gasteiger charge is 2.49. The Hall–Kier alpha value is -3.55. The van der Waals surface area contributed by atoms with Crippen LogP contribution in [0.15, 0.2) is 42.5 Å². The van der Waals surface area contributed by atoms with Crippen LogP contribution in [0, 0.1) is 0 Å². The van der Waals surface area contributed by atoms with E-state index in [0.29, 0.717) is 36.0 Å². The van der Waals surface area contributed by atoms with Gasteiger partial charge >= 0.3 is 6.03 Å². The van der Waals surface area contributed by atoms with Gasteiger partial charge in [-0.3, -0.25) is 14.5 Å². The zero-order valence-electron chi connectivity index (χ0n) is 17.6. The Balaban J connectivity index is 1.44. The van der Waals surface area contributed by atoms with Crippen molar-refractivity contribution in [2.45, 2.75) is 32.2 Å². The van der Waals surface area contributed by atoms with Crippen LogP contribution in [0.5, 0.6) is 11.5 Å². The van der Waals surface area contributed by atoms with Crippen LogP contribution in [-0.4, -0.2) is 42.5 Å². The van der Waals surface area contributed by atoms with Crippen LogP contribution < -0.4 is 20.1 Å². The molecule has 2 aliphatic rings. The zero-order chi connectivity index (χ0) is 22.0. The van der Waals surface area contributed by atoms with E-state index >= 15 is 0 Å². The summed E-state index contributed by atoms with van der Waals surface area (Å²) >= 11 is 0. The first kappa shape index (κ1) is 20.7. The molecule has 0 bridgehead atoms. The maximum Gasteiger partial charge on any atom is 0.325 e. The number of benzene rings is 2. The molecule has 8 heteroatoms. The van der Waals surface area contributed by atoms with Crippen LogP contribution >= 0.6 is 0 Å². The van der Waals surface area contributed by atoms with Gasteiger partial charge < -0.3 is 20.1 Å². The second-order valence-corrected chi connectivity index (χ2v) is 7.80. The molecule has 0 radical (unpaired) electrons. The summed E-state index contributed by atoms with van der Waals surface area (Å²) in [6.45, 7) is 4.28. The number of ether oxygens (including phenoxy) is 2. The number of fused-ring (bicyclic) bond motifs is 1. The van der Waals surface area contributed by atoms with Gasteiger partial charge in [-0.15, -0.1) is 0 Å².